The smallest absolute Gasteiger partial charge is 0.311 e. The van der Waals surface area contributed by atoms with Gasteiger partial charge >= 0.3 is 5.69 Å². The second-order valence-electron chi connectivity index (χ2n) is 5.32. The normalized spacial score (nSPS) is 10.6. The number of hydrogen-bond donors (Lipinski definition) is 1. The van der Waals surface area contributed by atoms with E-state index in [1.807, 2.05) is 13.8 Å². The third kappa shape index (κ3) is 4.06. The minimum atomic E-state index is -0.534. The van der Waals surface area contributed by atoms with E-state index < -0.39 is 10.8 Å². The third-order valence-corrected chi connectivity index (χ3v) is 3.10. The first kappa shape index (κ1) is 16.5. The molecule has 1 amide bonds. The maximum Gasteiger partial charge on any atom is 0.311 e. The maximum atomic E-state index is 12.0. The number of aromatic nitrogens is 2. The molecule has 1 aromatic carbocycles. The van der Waals surface area contributed by atoms with Gasteiger partial charge in [0.05, 0.1) is 11.1 Å². The first-order valence-corrected chi connectivity index (χ1v) is 7.09. The largest absolute Gasteiger partial charge is 0.477 e. The van der Waals surface area contributed by atoms with Crippen molar-refractivity contribution in [2.24, 2.45) is 0 Å². The predicted octanol–water partition coefficient (Wildman–Crippen LogP) is 2.70. The van der Waals surface area contributed by atoms with Crippen LogP contribution in [0.25, 0.3) is 0 Å². The molecule has 23 heavy (non-hydrogen) atoms. The number of anilines is 1. The van der Waals surface area contributed by atoms with Gasteiger partial charge in [-0.1, -0.05) is 6.07 Å². The van der Waals surface area contributed by atoms with Gasteiger partial charge < -0.3 is 10.1 Å². The van der Waals surface area contributed by atoms with Gasteiger partial charge in [0, 0.05) is 18.2 Å². The lowest BCUT2D eigenvalue weighted by Gasteiger charge is -2.12. The van der Waals surface area contributed by atoms with E-state index in [0.717, 1.165) is 5.56 Å². The fraction of sp³-hybridized carbons (Fsp3) is 0.333. The van der Waals surface area contributed by atoms with Gasteiger partial charge in [-0.2, -0.15) is 5.10 Å². The summed E-state index contributed by atoms with van der Waals surface area (Å²) in [6.45, 7) is 5.30. The molecule has 0 bridgehead atoms. The fourth-order valence-corrected chi connectivity index (χ4v) is 2.04. The number of nitrogens with one attached hydrogen (secondary N) is 1. The van der Waals surface area contributed by atoms with Crippen LogP contribution in [0.3, 0.4) is 0 Å². The topological polar surface area (TPSA) is 99.3 Å². The zero-order valence-electron chi connectivity index (χ0n) is 13.1. The highest BCUT2D eigenvalue weighted by Crippen LogP contribution is 2.27. The molecule has 0 aliphatic heterocycles. The van der Waals surface area contributed by atoms with Crippen molar-refractivity contribution in [3.63, 3.8) is 0 Å². The number of benzene rings is 1. The summed E-state index contributed by atoms with van der Waals surface area (Å²) in [4.78, 5) is 22.4. The molecule has 1 N–H and O–H groups in total. The zero-order chi connectivity index (χ0) is 17.0. The number of hydrogen-bond acceptors (Lipinski definition) is 5. The van der Waals surface area contributed by atoms with Crippen molar-refractivity contribution in [3.8, 4) is 5.75 Å². The predicted molar refractivity (Wildman–Crippen MR) is 84.6 cm³/mol. The van der Waals surface area contributed by atoms with Crippen LogP contribution in [-0.2, 0) is 4.79 Å². The van der Waals surface area contributed by atoms with Crippen molar-refractivity contribution in [2.45, 2.75) is 26.8 Å². The maximum absolute atomic E-state index is 12.0. The van der Waals surface area contributed by atoms with Gasteiger partial charge in [0.1, 0.15) is 5.82 Å². The Morgan fingerprint density at radius 1 is 1.43 bits per heavy atom. The molecule has 8 heteroatoms. The van der Waals surface area contributed by atoms with Crippen molar-refractivity contribution >= 4 is 17.4 Å². The molecule has 0 radical (unpaired) electrons. The number of carbonyl (C=O) groups excluding carboxylic acids is 1. The molecule has 0 atom stereocenters. The fourth-order valence-electron chi connectivity index (χ4n) is 2.04. The number of nitrogens with zero attached hydrogens (tertiary/aromatic N) is 3. The van der Waals surface area contributed by atoms with Gasteiger partial charge in [-0.15, -0.1) is 0 Å². The van der Waals surface area contributed by atoms with Crippen molar-refractivity contribution < 1.29 is 14.5 Å². The quantitative estimate of drug-likeness (QED) is 0.652. The monoisotopic (exact) mass is 318 g/mol. The molecule has 0 saturated carbocycles. The highest BCUT2D eigenvalue weighted by molar-refractivity contribution is 5.91. The first-order chi connectivity index (χ1) is 10.9. The van der Waals surface area contributed by atoms with E-state index in [0.29, 0.717) is 5.82 Å². The Bertz CT molecular complexity index is 724. The Balaban J connectivity index is 2.02. The van der Waals surface area contributed by atoms with E-state index in [-0.39, 0.29) is 24.1 Å². The molecule has 1 aromatic heterocycles. The minimum Gasteiger partial charge on any atom is -0.477 e. The number of amides is 1. The number of aryl methyl sites for hydroxylation is 1. The molecule has 0 saturated heterocycles. The highest BCUT2D eigenvalue weighted by Gasteiger charge is 2.17. The van der Waals surface area contributed by atoms with Crippen molar-refractivity contribution in [2.75, 3.05) is 11.9 Å². The Kier molecular flexibility index (Phi) is 4.95. The Labute approximate surface area is 133 Å². The molecule has 122 valence electrons. The van der Waals surface area contributed by atoms with Gasteiger partial charge in [-0.25, -0.2) is 4.68 Å². The SMILES string of the molecule is Cc1ccc(OCC(=O)Nc2ccnn2C(C)C)c([N+](=O)[O-])c1. The summed E-state index contributed by atoms with van der Waals surface area (Å²) in [5.41, 5.74) is 0.583. The van der Waals surface area contributed by atoms with Crippen LogP contribution >= 0.6 is 0 Å². The van der Waals surface area contributed by atoms with E-state index >= 15 is 0 Å². The lowest BCUT2D eigenvalue weighted by Crippen LogP contribution is -2.22. The van der Waals surface area contributed by atoms with E-state index in [4.69, 9.17) is 4.74 Å². The van der Waals surface area contributed by atoms with Crippen LogP contribution in [0.1, 0.15) is 25.5 Å². The molecule has 0 aliphatic rings. The molecule has 0 spiro atoms. The lowest BCUT2D eigenvalue weighted by atomic mass is 10.2. The average molecular weight is 318 g/mol. The third-order valence-electron chi connectivity index (χ3n) is 3.10. The van der Waals surface area contributed by atoms with Crippen LogP contribution in [0.2, 0.25) is 0 Å². The van der Waals surface area contributed by atoms with Gasteiger partial charge in [0.2, 0.25) is 0 Å². The average Bonchev–Trinajstić information content (AvgIpc) is 2.94. The van der Waals surface area contributed by atoms with Gasteiger partial charge in [-0.05, 0) is 32.4 Å². The van der Waals surface area contributed by atoms with E-state index in [2.05, 4.69) is 10.4 Å². The Hall–Kier alpha value is -2.90. The minimum absolute atomic E-state index is 0.0631. The van der Waals surface area contributed by atoms with E-state index in [9.17, 15) is 14.9 Å². The summed E-state index contributed by atoms with van der Waals surface area (Å²) in [7, 11) is 0. The van der Waals surface area contributed by atoms with Crippen molar-refractivity contribution in [1.29, 1.82) is 0 Å². The highest BCUT2D eigenvalue weighted by atomic mass is 16.6. The van der Waals surface area contributed by atoms with Gasteiger partial charge in [-0.3, -0.25) is 14.9 Å². The molecule has 0 unspecified atom stereocenters. The van der Waals surface area contributed by atoms with Crippen LogP contribution in [-0.4, -0.2) is 27.2 Å². The number of nitro benzene ring substituents is 1. The van der Waals surface area contributed by atoms with Crippen LogP contribution in [0.15, 0.2) is 30.5 Å². The van der Waals surface area contributed by atoms with Gasteiger partial charge in [0.25, 0.3) is 5.91 Å². The summed E-state index contributed by atoms with van der Waals surface area (Å²) in [5, 5.41) is 17.8. The summed E-state index contributed by atoms with van der Waals surface area (Å²) in [6, 6.07) is 6.35. The molecule has 1 heterocycles. The standard InChI is InChI=1S/C15H18N4O4/c1-10(2)18-14(6-7-16-18)17-15(20)9-23-13-5-4-11(3)8-12(13)19(21)22/h4-8,10H,9H2,1-3H3,(H,17,20). The lowest BCUT2D eigenvalue weighted by molar-refractivity contribution is -0.385. The number of ether oxygens (including phenoxy) is 1. The van der Waals surface area contributed by atoms with Crippen molar-refractivity contribution in [1.82, 2.24) is 9.78 Å². The van der Waals surface area contributed by atoms with E-state index in [1.165, 1.54) is 12.1 Å². The summed E-state index contributed by atoms with van der Waals surface area (Å²) in [5.74, 6) is 0.197. The molecule has 2 rings (SSSR count). The zero-order valence-corrected chi connectivity index (χ0v) is 13.1. The summed E-state index contributed by atoms with van der Waals surface area (Å²) in [6.07, 6.45) is 1.58. The molecule has 2 aromatic rings. The number of nitro groups is 1. The van der Waals surface area contributed by atoms with Crippen LogP contribution in [0.4, 0.5) is 11.5 Å². The summed E-state index contributed by atoms with van der Waals surface area (Å²) < 4.78 is 6.94. The molecular formula is C15H18N4O4. The van der Waals surface area contributed by atoms with E-state index in [1.54, 1.807) is 29.9 Å². The molecule has 8 nitrogen and oxygen atoms in total. The molecule has 0 aliphatic carbocycles. The molecular weight excluding hydrogens is 300 g/mol. The number of carbonyl (C=O) groups is 1. The number of rotatable bonds is 6. The Morgan fingerprint density at radius 3 is 2.83 bits per heavy atom. The second kappa shape index (κ2) is 6.91. The van der Waals surface area contributed by atoms with Crippen molar-refractivity contribution in [3.05, 3.63) is 46.1 Å². The Morgan fingerprint density at radius 2 is 2.17 bits per heavy atom. The first-order valence-electron chi connectivity index (χ1n) is 7.09. The second-order valence-corrected chi connectivity index (χ2v) is 5.32. The van der Waals surface area contributed by atoms with Crippen LogP contribution < -0.4 is 10.1 Å². The van der Waals surface area contributed by atoms with Crippen LogP contribution in [0.5, 0.6) is 5.75 Å². The molecule has 0 fully saturated rings. The summed E-state index contributed by atoms with van der Waals surface area (Å²) >= 11 is 0. The van der Waals surface area contributed by atoms with Gasteiger partial charge in [0.15, 0.2) is 12.4 Å². The van der Waals surface area contributed by atoms with Crippen LogP contribution in [0, 0.1) is 17.0 Å².